The van der Waals surface area contributed by atoms with E-state index in [-0.39, 0.29) is 5.56 Å². The number of halogens is 3. The molecule has 26 heavy (non-hydrogen) atoms. The molecule has 1 aromatic carbocycles. The number of anilines is 1. The Morgan fingerprint density at radius 3 is 2.31 bits per heavy atom. The van der Waals surface area contributed by atoms with Gasteiger partial charge in [0.25, 0.3) is 5.91 Å². The largest absolute Gasteiger partial charge is 0.371 e. The van der Waals surface area contributed by atoms with Crippen LogP contribution in [0.15, 0.2) is 30.6 Å². The van der Waals surface area contributed by atoms with Gasteiger partial charge in [-0.3, -0.25) is 14.6 Å². The number of hydrogen-bond donors (Lipinski definition) is 1. The first-order valence-corrected chi connectivity index (χ1v) is 8.06. The lowest BCUT2D eigenvalue weighted by atomic mass is 9.88. The van der Waals surface area contributed by atoms with E-state index in [0.717, 1.165) is 0 Å². The molecule has 136 valence electrons. The minimum atomic E-state index is -1.19. The SMILES string of the molecule is NC(=O)c1cnccc1N1CCC(C(=O)c2c(F)cc(F)cc2F)CC1. The van der Waals surface area contributed by atoms with Crippen LogP contribution in [-0.2, 0) is 0 Å². The van der Waals surface area contributed by atoms with Gasteiger partial charge in [0.2, 0.25) is 0 Å². The van der Waals surface area contributed by atoms with Crippen LogP contribution in [0.3, 0.4) is 0 Å². The lowest BCUT2D eigenvalue weighted by molar-refractivity contribution is 0.0890. The molecule has 2 aromatic rings. The molecule has 1 saturated heterocycles. The second-order valence-corrected chi connectivity index (χ2v) is 6.13. The summed E-state index contributed by atoms with van der Waals surface area (Å²) in [4.78, 5) is 29.7. The summed E-state index contributed by atoms with van der Waals surface area (Å²) in [6, 6.07) is 2.66. The number of hydrogen-bond acceptors (Lipinski definition) is 4. The average Bonchev–Trinajstić information content (AvgIpc) is 2.61. The molecule has 3 rings (SSSR count). The Hall–Kier alpha value is -2.90. The molecule has 0 aliphatic carbocycles. The first-order chi connectivity index (χ1) is 12.4. The van der Waals surface area contributed by atoms with Crippen molar-refractivity contribution in [2.75, 3.05) is 18.0 Å². The van der Waals surface area contributed by atoms with E-state index in [4.69, 9.17) is 5.73 Å². The number of ketones is 1. The van der Waals surface area contributed by atoms with E-state index >= 15 is 0 Å². The normalized spacial score (nSPS) is 15.1. The molecule has 2 heterocycles. The van der Waals surface area contributed by atoms with Gasteiger partial charge < -0.3 is 10.6 Å². The maximum Gasteiger partial charge on any atom is 0.252 e. The predicted octanol–water partition coefficient (Wildman–Crippen LogP) is 2.70. The van der Waals surface area contributed by atoms with Gasteiger partial charge in [-0.05, 0) is 18.9 Å². The number of carbonyl (C=O) groups excluding carboxylic acids is 2. The maximum atomic E-state index is 13.8. The van der Waals surface area contributed by atoms with E-state index in [1.807, 2.05) is 4.90 Å². The summed E-state index contributed by atoms with van der Waals surface area (Å²) >= 11 is 0. The summed E-state index contributed by atoms with van der Waals surface area (Å²) < 4.78 is 40.7. The van der Waals surface area contributed by atoms with Crippen molar-refractivity contribution in [2.45, 2.75) is 12.8 Å². The second kappa shape index (κ2) is 7.15. The van der Waals surface area contributed by atoms with Crippen molar-refractivity contribution >= 4 is 17.4 Å². The zero-order valence-electron chi connectivity index (χ0n) is 13.7. The Labute approximate surface area is 147 Å². The maximum absolute atomic E-state index is 13.8. The number of pyridine rings is 1. The zero-order chi connectivity index (χ0) is 18.8. The van der Waals surface area contributed by atoms with Gasteiger partial charge in [0, 0.05) is 43.5 Å². The van der Waals surface area contributed by atoms with Crippen molar-refractivity contribution in [3.63, 3.8) is 0 Å². The Morgan fingerprint density at radius 2 is 1.73 bits per heavy atom. The highest BCUT2D eigenvalue weighted by Crippen LogP contribution is 2.29. The van der Waals surface area contributed by atoms with Gasteiger partial charge in [0.05, 0.1) is 16.8 Å². The van der Waals surface area contributed by atoms with E-state index in [1.54, 1.807) is 6.07 Å². The molecule has 1 amide bonds. The molecule has 1 aliphatic heterocycles. The number of carbonyl (C=O) groups is 2. The van der Waals surface area contributed by atoms with Gasteiger partial charge in [-0.1, -0.05) is 0 Å². The molecule has 8 heteroatoms. The van der Waals surface area contributed by atoms with Crippen molar-refractivity contribution in [3.8, 4) is 0 Å². The van der Waals surface area contributed by atoms with E-state index in [9.17, 15) is 22.8 Å². The number of nitrogens with two attached hydrogens (primary N) is 1. The van der Waals surface area contributed by atoms with Crippen LogP contribution in [-0.4, -0.2) is 29.8 Å². The van der Waals surface area contributed by atoms with Crippen LogP contribution in [0.2, 0.25) is 0 Å². The minimum absolute atomic E-state index is 0.271. The fraction of sp³-hybridized carbons (Fsp3) is 0.278. The fourth-order valence-corrected chi connectivity index (χ4v) is 3.22. The Bertz CT molecular complexity index is 842. The third kappa shape index (κ3) is 3.40. The first-order valence-electron chi connectivity index (χ1n) is 8.06. The number of rotatable bonds is 4. The van der Waals surface area contributed by atoms with Crippen LogP contribution < -0.4 is 10.6 Å². The summed E-state index contributed by atoms with van der Waals surface area (Å²) in [5.41, 5.74) is 5.52. The summed E-state index contributed by atoms with van der Waals surface area (Å²) in [5.74, 6) is -5.32. The van der Waals surface area contributed by atoms with Gasteiger partial charge >= 0.3 is 0 Å². The smallest absolute Gasteiger partial charge is 0.252 e. The van der Waals surface area contributed by atoms with Crippen LogP contribution in [0.5, 0.6) is 0 Å². The topological polar surface area (TPSA) is 76.3 Å². The van der Waals surface area contributed by atoms with Crippen LogP contribution >= 0.6 is 0 Å². The highest BCUT2D eigenvalue weighted by molar-refractivity contribution is 5.99. The van der Waals surface area contributed by atoms with Gasteiger partial charge in [-0.2, -0.15) is 0 Å². The molecule has 0 unspecified atom stereocenters. The van der Waals surface area contributed by atoms with Crippen LogP contribution in [0.4, 0.5) is 18.9 Å². The molecule has 0 radical (unpaired) electrons. The molecule has 1 aromatic heterocycles. The predicted molar refractivity (Wildman–Crippen MR) is 88.3 cm³/mol. The number of piperidine rings is 1. The molecular formula is C18H16F3N3O2. The monoisotopic (exact) mass is 363 g/mol. The van der Waals surface area contributed by atoms with Crippen LogP contribution in [0, 0.1) is 23.4 Å². The Morgan fingerprint density at radius 1 is 1.12 bits per heavy atom. The third-order valence-electron chi connectivity index (χ3n) is 4.52. The molecular weight excluding hydrogens is 347 g/mol. The average molecular weight is 363 g/mol. The third-order valence-corrected chi connectivity index (χ3v) is 4.52. The summed E-state index contributed by atoms with van der Waals surface area (Å²) in [6.07, 6.45) is 3.59. The number of amides is 1. The van der Waals surface area contributed by atoms with Crippen LogP contribution in [0.1, 0.15) is 33.6 Å². The molecule has 1 aliphatic rings. The van der Waals surface area contributed by atoms with E-state index < -0.39 is 40.6 Å². The summed E-state index contributed by atoms with van der Waals surface area (Å²) in [6.45, 7) is 0.816. The fourth-order valence-electron chi connectivity index (χ4n) is 3.22. The highest BCUT2D eigenvalue weighted by atomic mass is 19.1. The van der Waals surface area contributed by atoms with Gasteiger partial charge in [0.15, 0.2) is 5.78 Å². The Kier molecular flexibility index (Phi) is 4.92. The molecule has 1 fully saturated rings. The van der Waals surface area contributed by atoms with E-state index in [1.165, 1.54) is 12.4 Å². The zero-order valence-corrected chi connectivity index (χ0v) is 13.7. The van der Waals surface area contributed by atoms with Crippen molar-refractivity contribution < 1.29 is 22.8 Å². The molecule has 0 atom stereocenters. The number of Topliss-reactive ketones (excluding diaryl/α,β-unsaturated/α-hetero) is 1. The van der Waals surface area contributed by atoms with Crippen molar-refractivity contribution in [3.05, 3.63) is 59.2 Å². The van der Waals surface area contributed by atoms with Crippen molar-refractivity contribution in [1.82, 2.24) is 4.98 Å². The van der Waals surface area contributed by atoms with E-state index in [2.05, 4.69) is 4.98 Å². The minimum Gasteiger partial charge on any atom is -0.371 e. The molecule has 0 spiro atoms. The first kappa shape index (κ1) is 17.9. The van der Waals surface area contributed by atoms with Crippen molar-refractivity contribution in [1.29, 1.82) is 0 Å². The number of aromatic nitrogens is 1. The second-order valence-electron chi connectivity index (χ2n) is 6.13. The lowest BCUT2D eigenvalue weighted by Gasteiger charge is -2.33. The molecule has 0 bridgehead atoms. The van der Waals surface area contributed by atoms with Gasteiger partial charge in [0.1, 0.15) is 17.5 Å². The number of primary amides is 1. The lowest BCUT2D eigenvalue weighted by Crippen LogP contribution is -2.38. The number of nitrogens with zero attached hydrogens (tertiary/aromatic N) is 2. The van der Waals surface area contributed by atoms with E-state index in [0.29, 0.717) is 43.8 Å². The standard InChI is InChI=1S/C18H16F3N3O2/c19-11-7-13(20)16(14(21)8-11)17(25)10-2-5-24(6-3-10)15-1-4-23-9-12(15)18(22)26/h1,4,7-10H,2-3,5-6H2,(H2,22,26). The van der Waals surface area contributed by atoms with Gasteiger partial charge in [-0.25, -0.2) is 13.2 Å². The van der Waals surface area contributed by atoms with Gasteiger partial charge in [-0.15, -0.1) is 0 Å². The molecule has 0 saturated carbocycles. The Balaban J connectivity index is 1.75. The molecule has 5 nitrogen and oxygen atoms in total. The number of benzene rings is 1. The highest BCUT2D eigenvalue weighted by Gasteiger charge is 2.30. The van der Waals surface area contributed by atoms with Crippen LogP contribution in [0.25, 0.3) is 0 Å². The van der Waals surface area contributed by atoms with Crippen molar-refractivity contribution in [2.24, 2.45) is 11.7 Å². The molecule has 2 N–H and O–H groups in total. The summed E-state index contributed by atoms with van der Waals surface area (Å²) in [7, 11) is 0. The quantitative estimate of drug-likeness (QED) is 0.848. The summed E-state index contributed by atoms with van der Waals surface area (Å²) in [5, 5.41) is 0.